The van der Waals surface area contributed by atoms with Gasteiger partial charge in [0.1, 0.15) is 24.6 Å². The van der Waals surface area contributed by atoms with E-state index in [1.807, 2.05) is 48.9 Å². The molecule has 0 spiro atoms. The van der Waals surface area contributed by atoms with E-state index in [0.717, 1.165) is 45.3 Å². The molecule has 1 fully saturated rings. The summed E-state index contributed by atoms with van der Waals surface area (Å²) in [6, 6.07) is 11.1. The van der Waals surface area contributed by atoms with Crippen LogP contribution >= 0.6 is 0 Å². The van der Waals surface area contributed by atoms with Crippen LogP contribution in [0.5, 0.6) is 5.75 Å². The highest BCUT2D eigenvalue weighted by Crippen LogP contribution is 2.40. The molecule has 1 aromatic heterocycles. The normalized spacial score (nSPS) is 17.2. The van der Waals surface area contributed by atoms with Crippen LogP contribution in [0.2, 0.25) is 0 Å². The fraction of sp³-hybridized carbons (Fsp3) is 0.360. The van der Waals surface area contributed by atoms with Gasteiger partial charge in [-0.2, -0.15) is 13.5 Å². The number of aryl methyl sites for hydroxylation is 2. The lowest BCUT2D eigenvalue weighted by atomic mass is 9.97. The third-order valence-corrected chi connectivity index (χ3v) is 8.12. The minimum atomic E-state index is -4.22. The van der Waals surface area contributed by atoms with Crippen molar-refractivity contribution in [2.75, 3.05) is 23.9 Å². The summed E-state index contributed by atoms with van der Waals surface area (Å²) < 4.78 is 50.0. The first-order chi connectivity index (χ1) is 17.2. The smallest absolute Gasteiger partial charge is 0.326 e. The average molecular weight is 514 g/mol. The largest absolute Gasteiger partial charge is 0.487 e. The zero-order valence-corrected chi connectivity index (χ0v) is 21.0. The van der Waals surface area contributed by atoms with Crippen molar-refractivity contribution in [2.45, 2.75) is 39.8 Å². The van der Waals surface area contributed by atoms with Crippen LogP contribution in [0, 0.1) is 19.7 Å². The number of carbonyl (C=O) groups is 1. The Kier molecular flexibility index (Phi) is 6.44. The van der Waals surface area contributed by atoms with Gasteiger partial charge >= 0.3 is 10.2 Å². The number of nitrogens with one attached hydrogen (secondary N) is 2. The standard InChI is InChI=1S/C25H28FN5O4S/c1-16-20(17(2)28-27-16)9-11-30-10-8-19-12-22(35-15-18-6-4-3-5-7-18)25(24(26)21(19)13-30)31-14-23(32)29-36(31,33)34/h3-7,12H,8-11,13-15H2,1-2H3,(H,27,28)(H,29,32). The average Bonchev–Trinajstić information content (AvgIpc) is 3.32. The van der Waals surface area contributed by atoms with Crippen molar-refractivity contribution in [3.63, 3.8) is 0 Å². The Hall–Kier alpha value is -3.44. The molecule has 3 aromatic rings. The minimum Gasteiger partial charge on any atom is -0.487 e. The Morgan fingerprint density at radius 3 is 2.61 bits per heavy atom. The number of carbonyl (C=O) groups excluding carboxylic acids is 1. The number of benzene rings is 2. The number of ether oxygens (including phenoxy) is 1. The van der Waals surface area contributed by atoms with Crippen LogP contribution in [-0.4, -0.2) is 49.1 Å². The molecule has 1 amide bonds. The molecule has 0 saturated carbocycles. The molecule has 1 saturated heterocycles. The maximum atomic E-state index is 16.1. The number of aromatic amines is 1. The monoisotopic (exact) mass is 513 g/mol. The molecule has 2 aliphatic rings. The number of hydrogen-bond acceptors (Lipinski definition) is 6. The SMILES string of the molecule is Cc1n[nH]c(C)c1CCN1CCc2cc(OCc3ccccc3)c(N3CC(=O)NS3(=O)=O)c(F)c2C1. The van der Waals surface area contributed by atoms with Gasteiger partial charge in [-0.05, 0) is 49.4 Å². The van der Waals surface area contributed by atoms with E-state index in [1.54, 1.807) is 6.07 Å². The molecular weight excluding hydrogens is 485 g/mol. The summed E-state index contributed by atoms with van der Waals surface area (Å²) in [6.45, 7) is 5.36. The van der Waals surface area contributed by atoms with Crippen LogP contribution < -0.4 is 13.8 Å². The Labute approximate surface area is 209 Å². The van der Waals surface area contributed by atoms with Crippen molar-refractivity contribution in [3.05, 3.63) is 75.9 Å². The molecule has 0 radical (unpaired) electrons. The molecule has 2 aliphatic heterocycles. The second kappa shape index (κ2) is 9.55. The summed E-state index contributed by atoms with van der Waals surface area (Å²) in [5.41, 5.74) is 4.97. The van der Waals surface area contributed by atoms with E-state index >= 15 is 4.39 Å². The van der Waals surface area contributed by atoms with Crippen molar-refractivity contribution in [2.24, 2.45) is 0 Å². The van der Waals surface area contributed by atoms with Crippen molar-refractivity contribution in [3.8, 4) is 5.75 Å². The first-order valence-corrected chi connectivity index (χ1v) is 13.2. The molecule has 0 atom stereocenters. The first kappa shape index (κ1) is 24.3. The van der Waals surface area contributed by atoms with Gasteiger partial charge in [0, 0.05) is 30.9 Å². The van der Waals surface area contributed by atoms with Gasteiger partial charge in [-0.25, -0.2) is 13.4 Å². The Balaban J connectivity index is 1.46. The van der Waals surface area contributed by atoms with Gasteiger partial charge in [-0.1, -0.05) is 30.3 Å². The van der Waals surface area contributed by atoms with Crippen LogP contribution in [0.4, 0.5) is 10.1 Å². The maximum Gasteiger partial charge on any atom is 0.326 e. The number of H-pyrrole nitrogens is 1. The fourth-order valence-electron chi connectivity index (χ4n) is 4.81. The molecular formula is C25H28FN5O4S. The molecule has 9 nitrogen and oxygen atoms in total. The lowest BCUT2D eigenvalue weighted by molar-refractivity contribution is -0.117. The predicted octanol–water partition coefficient (Wildman–Crippen LogP) is 2.53. The van der Waals surface area contributed by atoms with Crippen LogP contribution in [0.1, 0.15) is 33.6 Å². The van der Waals surface area contributed by atoms with E-state index in [4.69, 9.17) is 4.74 Å². The van der Waals surface area contributed by atoms with Gasteiger partial charge in [0.15, 0.2) is 5.82 Å². The summed E-state index contributed by atoms with van der Waals surface area (Å²) >= 11 is 0. The third kappa shape index (κ3) is 4.68. The molecule has 36 heavy (non-hydrogen) atoms. The number of nitrogens with zero attached hydrogens (tertiary/aromatic N) is 3. The lowest BCUT2D eigenvalue weighted by Gasteiger charge is -2.31. The molecule has 0 unspecified atom stereocenters. The minimum absolute atomic E-state index is 0.105. The van der Waals surface area contributed by atoms with E-state index in [2.05, 4.69) is 15.1 Å². The van der Waals surface area contributed by atoms with Crippen LogP contribution in [-0.2, 0) is 41.0 Å². The van der Waals surface area contributed by atoms with E-state index < -0.39 is 28.5 Å². The Bertz CT molecular complexity index is 1390. The molecule has 3 heterocycles. The van der Waals surface area contributed by atoms with E-state index in [1.165, 1.54) is 0 Å². The highest BCUT2D eigenvalue weighted by atomic mass is 32.2. The van der Waals surface area contributed by atoms with Crippen LogP contribution in [0.15, 0.2) is 36.4 Å². The van der Waals surface area contributed by atoms with Gasteiger partial charge in [-0.15, -0.1) is 0 Å². The fourth-order valence-corrected chi connectivity index (χ4v) is 5.97. The number of hydrogen-bond donors (Lipinski definition) is 2. The highest BCUT2D eigenvalue weighted by Gasteiger charge is 2.39. The molecule has 2 aromatic carbocycles. The van der Waals surface area contributed by atoms with Crippen molar-refractivity contribution < 1.29 is 22.3 Å². The maximum absolute atomic E-state index is 16.1. The summed E-state index contributed by atoms with van der Waals surface area (Å²) in [5, 5.41) is 7.23. The number of rotatable bonds is 7. The molecule has 0 bridgehead atoms. The van der Waals surface area contributed by atoms with E-state index in [9.17, 15) is 13.2 Å². The highest BCUT2D eigenvalue weighted by molar-refractivity contribution is 7.92. The van der Waals surface area contributed by atoms with E-state index in [0.29, 0.717) is 25.1 Å². The van der Waals surface area contributed by atoms with Gasteiger partial charge in [0.2, 0.25) is 0 Å². The molecule has 5 rings (SSSR count). The molecule has 0 aliphatic carbocycles. The number of fused-ring (bicyclic) bond motifs is 1. The van der Waals surface area contributed by atoms with Gasteiger partial charge in [0.05, 0.1) is 5.69 Å². The number of halogens is 1. The second-order valence-electron chi connectivity index (χ2n) is 9.17. The van der Waals surface area contributed by atoms with Gasteiger partial charge < -0.3 is 4.74 Å². The summed E-state index contributed by atoms with van der Waals surface area (Å²) in [5.74, 6) is -1.28. The van der Waals surface area contributed by atoms with Crippen LogP contribution in [0.3, 0.4) is 0 Å². The molecule has 190 valence electrons. The lowest BCUT2D eigenvalue weighted by Crippen LogP contribution is -2.35. The number of aromatic nitrogens is 2. The summed E-state index contributed by atoms with van der Waals surface area (Å²) in [6.07, 6.45) is 1.37. The zero-order valence-electron chi connectivity index (χ0n) is 20.2. The van der Waals surface area contributed by atoms with E-state index in [-0.39, 0.29) is 18.0 Å². The molecule has 11 heteroatoms. The van der Waals surface area contributed by atoms with Crippen molar-refractivity contribution >= 4 is 21.8 Å². The topological polar surface area (TPSA) is 108 Å². The second-order valence-corrected chi connectivity index (χ2v) is 10.8. The zero-order chi connectivity index (χ0) is 25.4. The Morgan fingerprint density at radius 1 is 1.17 bits per heavy atom. The Morgan fingerprint density at radius 2 is 1.94 bits per heavy atom. The molecule has 2 N–H and O–H groups in total. The quantitative estimate of drug-likeness (QED) is 0.503. The van der Waals surface area contributed by atoms with Crippen molar-refractivity contribution in [1.29, 1.82) is 0 Å². The summed E-state index contributed by atoms with van der Waals surface area (Å²) in [7, 11) is -4.22. The summed E-state index contributed by atoms with van der Waals surface area (Å²) in [4.78, 5) is 14.1. The van der Waals surface area contributed by atoms with Crippen LogP contribution in [0.25, 0.3) is 0 Å². The third-order valence-electron chi connectivity index (χ3n) is 6.74. The van der Waals surface area contributed by atoms with Gasteiger partial charge in [-0.3, -0.25) is 14.8 Å². The van der Waals surface area contributed by atoms with Crippen molar-refractivity contribution in [1.82, 2.24) is 19.8 Å². The van der Waals surface area contributed by atoms with Gasteiger partial charge in [0.25, 0.3) is 5.91 Å². The first-order valence-electron chi connectivity index (χ1n) is 11.8. The number of amides is 1. The predicted molar refractivity (Wildman–Crippen MR) is 132 cm³/mol. The number of anilines is 1.